The number of halogens is 1. The number of nitrogens with one attached hydrogen (secondary N) is 1. The molecule has 2 aliphatic carbocycles. The zero-order valence-electron chi connectivity index (χ0n) is 15.4. The van der Waals surface area contributed by atoms with Crippen molar-refractivity contribution in [2.24, 2.45) is 22.4 Å². The summed E-state index contributed by atoms with van der Waals surface area (Å²) in [7, 11) is 0. The van der Waals surface area contributed by atoms with Crippen LogP contribution in [0.1, 0.15) is 38.4 Å². The summed E-state index contributed by atoms with van der Waals surface area (Å²) in [5, 5.41) is 15.3. The van der Waals surface area contributed by atoms with Crippen LogP contribution >= 0.6 is 11.6 Å². The summed E-state index contributed by atoms with van der Waals surface area (Å²) in [6, 6.07) is 7.48. The molecule has 2 aliphatic rings. The molecule has 8 heteroatoms. The van der Waals surface area contributed by atoms with Gasteiger partial charge >= 0.3 is 0 Å². The van der Waals surface area contributed by atoms with Gasteiger partial charge in [0.25, 0.3) is 5.69 Å². The van der Waals surface area contributed by atoms with Crippen molar-refractivity contribution in [3.63, 3.8) is 0 Å². The molecule has 0 saturated heterocycles. The van der Waals surface area contributed by atoms with E-state index in [0.29, 0.717) is 28.0 Å². The Morgan fingerprint density at radius 3 is 2.93 bits per heavy atom. The van der Waals surface area contributed by atoms with Crippen LogP contribution in [0.2, 0.25) is 5.02 Å². The number of nitro groups is 1. The molecule has 1 aromatic heterocycles. The molecule has 1 heterocycles. The topological polar surface area (TPSA) is 97.7 Å². The molecule has 1 aromatic carbocycles. The summed E-state index contributed by atoms with van der Waals surface area (Å²) in [5.74, 6) is 1.28. The first-order valence-corrected chi connectivity index (χ1v) is 9.65. The van der Waals surface area contributed by atoms with Gasteiger partial charge in [-0.05, 0) is 42.4 Å². The van der Waals surface area contributed by atoms with E-state index in [1.807, 2.05) is 0 Å². The molecular weight excluding hydrogens is 382 g/mol. The molecule has 7 nitrogen and oxygen atoms in total. The minimum absolute atomic E-state index is 0.0424. The number of rotatable bonds is 5. The third kappa shape index (κ3) is 3.30. The van der Waals surface area contributed by atoms with Gasteiger partial charge in [-0.2, -0.15) is 5.10 Å². The van der Waals surface area contributed by atoms with Gasteiger partial charge in [0, 0.05) is 23.6 Å². The Balaban J connectivity index is 1.42. The highest BCUT2D eigenvalue weighted by atomic mass is 35.5. The number of fused-ring (bicyclic) bond motifs is 1. The van der Waals surface area contributed by atoms with Crippen LogP contribution in [0.15, 0.2) is 39.9 Å². The first-order valence-electron chi connectivity index (χ1n) is 9.27. The third-order valence-corrected chi connectivity index (χ3v) is 6.36. The molecule has 1 amide bonds. The lowest BCUT2D eigenvalue weighted by Crippen LogP contribution is -2.22. The zero-order valence-corrected chi connectivity index (χ0v) is 16.1. The van der Waals surface area contributed by atoms with Crippen molar-refractivity contribution in [2.75, 3.05) is 0 Å². The summed E-state index contributed by atoms with van der Waals surface area (Å²) in [5.41, 5.74) is 3.10. The quantitative estimate of drug-likeness (QED) is 0.442. The number of amides is 1. The van der Waals surface area contributed by atoms with E-state index in [9.17, 15) is 14.9 Å². The number of nitro benzene ring substituents is 1. The predicted octanol–water partition coefficient (Wildman–Crippen LogP) is 4.78. The Morgan fingerprint density at radius 2 is 2.21 bits per heavy atom. The van der Waals surface area contributed by atoms with Gasteiger partial charge in [0.1, 0.15) is 11.5 Å². The van der Waals surface area contributed by atoms with Gasteiger partial charge in [0.05, 0.1) is 16.2 Å². The second-order valence-electron chi connectivity index (χ2n) is 7.69. The van der Waals surface area contributed by atoms with Crippen LogP contribution in [0.25, 0.3) is 11.3 Å². The van der Waals surface area contributed by atoms with Crippen LogP contribution in [0.4, 0.5) is 5.69 Å². The molecule has 2 saturated carbocycles. The lowest BCUT2D eigenvalue weighted by molar-refractivity contribution is -0.384. The molecule has 0 aliphatic heterocycles. The average molecular weight is 402 g/mol. The SMILES string of the molecule is C[C@]12CCCC[C@@H]1[C@@H]2C(=O)N/N=C/c1ccc(-c2cc([N+](=O)[O-])ccc2Cl)o1. The normalized spacial score (nSPS) is 26.1. The largest absolute Gasteiger partial charge is 0.455 e. The number of carbonyl (C=O) groups excluding carboxylic acids is 1. The van der Waals surface area contributed by atoms with Gasteiger partial charge in [0.15, 0.2) is 0 Å². The molecule has 2 aromatic rings. The van der Waals surface area contributed by atoms with Crippen molar-refractivity contribution in [1.29, 1.82) is 0 Å². The zero-order chi connectivity index (χ0) is 19.9. The Morgan fingerprint density at radius 1 is 1.39 bits per heavy atom. The first-order chi connectivity index (χ1) is 13.4. The second-order valence-corrected chi connectivity index (χ2v) is 8.10. The van der Waals surface area contributed by atoms with Gasteiger partial charge < -0.3 is 4.42 Å². The van der Waals surface area contributed by atoms with E-state index in [4.69, 9.17) is 16.0 Å². The van der Waals surface area contributed by atoms with E-state index in [-0.39, 0.29) is 22.9 Å². The number of hydrazone groups is 1. The summed E-state index contributed by atoms with van der Waals surface area (Å²) < 4.78 is 5.65. The standard InChI is InChI=1S/C20H20ClN3O4/c1-20-9-3-2-4-15(20)18(20)19(25)23-22-11-13-6-8-17(28-13)14-10-12(24(26)27)5-7-16(14)21/h5-8,10-11,15,18H,2-4,9H2,1H3,(H,23,25)/b22-11+/t15-,18-,20+/m1/s1. The van der Waals surface area contributed by atoms with Crippen molar-refractivity contribution in [3.05, 3.63) is 51.2 Å². The molecule has 0 spiro atoms. The highest BCUT2D eigenvalue weighted by molar-refractivity contribution is 6.33. The fraction of sp³-hybridized carbons (Fsp3) is 0.400. The molecule has 2 fully saturated rings. The molecule has 0 radical (unpaired) electrons. The maximum absolute atomic E-state index is 12.4. The minimum atomic E-state index is -0.489. The van der Waals surface area contributed by atoms with Gasteiger partial charge in [-0.3, -0.25) is 14.9 Å². The third-order valence-electron chi connectivity index (χ3n) is 6.03. The number of nitrogens with zero attached hydrogens (tertiary/aromatic N) is 2. The van der Waals surface area contributed by atoms with Crippen LogP contribution in [0.3, 0.4) is 0 Å². The fourth-order valence-electron chi connectivity index (χ4n) is 4.46. The average Bonchev–Trinajstić information content (AvgIpc) is 3.03. The number of hydrogen-bond acceptors (Lipinski definition) is 5. The molecule has 0 bridgehead atoms. The number of hydrogen-bond donors (Lipinski definition) is 1. The summed E-state index contributed by atoms with van der Waals surface area (Å²) in [6.45, 7) is 2.19. The minimum Gasteiger partial charge on any atom is -0.455 e. The van der Waals surface area contributed by atoms with E-state index in [2.05, 4.69) is 17.5 Å². The number of non-ortho nitro benzene ring substituents is 1. The van der Waals surface area contributed by atoms with E-state index in [1.54, 1.807) is 12.1 Å². The van der Waals surface area contributed by atoms with Crippen molar-refractivity contribution < 1.29 is 14.1 Å². The van der Waals surface area contributed by atoms with Gasteiger partial charge in [0.2, 0.25) is 5.91 Å². The van der Waals surface area contributed by atoms with Crippen molar-refractivity contribution in [2.45, 2.75) is 32.6 Å². The lowest BCUT2D eigenvalue weighted by atomic mass is 9.90. The summed E-state index contributed by atoms with van der Waals surface area (Å²) in [6.07, 6.45) is 6.02. The van der Waals surface area contributed by atoms with E-state index in [0.717, 1.165) is 12.8 Å². The van der Waals surface area contributed by atoms with Crippen LogP contribution in [0.5, 0.6) is 0 Å². The Labute approximate surface area is 166 Å². The van der Waals surface area contributed by atoms with E-state index >= 15 is 0 Å². The monoisotopic (exact) mass is 401 g/mol. The first kappa shape index (κ1) is 18.7. The fourth-order valence-corrected chi connectivity index (χ4v) is 4.67. The Hall–Kier alpha value is -2.67. The van der Waals surface area contributed by atoms with Gasteiger partial charge in [-0.1, -0.05) is 31.4 Å². The Kier molecular flexibility index (Phi) is 4.71. The second kappa shape index (κ2) is 7.05. The predicted molar refractivity (Wildman–Crippen MR) is 105 cm³/mol. The number of benzene rings is 1. The molecule has 146 valence electrons. The van der Waals surface area contributed by atoms with E-state index < -0.39 is 4.92 Å². The molecular formula is C20H20ClN3O4. The summed E-state index contributed by atoms with van der Waals surface area (Å²) in [4.78, 5) is 22.9. The van der Waals surface area contributed by atoms with Crippen molar-refractivity contribution >= 4 is 29.4 Å². The van der Waals surface area contributed by atoms with Crippen molar-refractivity contribution in [3.8, 4) is 11.3 Å². The maximum Gasteiger partial charge on any atom is 0.270 e. The molecule has 1 N–H and O–H groups in total. The Bertz CT molecular complexity index is 970. The molecule has 0 unspecified atom stereocenters. The highest BCUT2D eigenvalue weighted by Crippen LogP contribution is 2.66. The lowest BCUT2D eigenvalue weighted by Gasteiger charge is -2.15. The smallest absolute Gasteiger partial charge is 0.270 e. The number of carbonyl (C=O) groups is 1. The molecule has 3 atom stereocenters. The maximum atomic E-state index is 12.4. The highest BCUT2D eigenvalue weighted by Gasteiger charge is 2.64. The van der Waals surface area contributed by atoms with Crippen LogP contribution < -0.4 is 5.43 Å². The van der Waals surface area contributed by atoms with Crippen LogP contribution in [-0.2, 0) is 4.79 Å². The van der Waals surface area contributed by atoms with E-state index in [1.165, 1.54) is 37.3 Å². The molecule has 4 rings (SSSR count). The number of furan rings is 1. The summed E-state index contributed by atoms with van der Waals surface area (Å²) >= 11 is 6.13. The van der Waals surface area contributed by atoms with Crippen LogP contribution in [0, 0.1) is 27.4 Å². The molecule has 28 heavy (non-hydrogen) atoms. The van der Waals surface area contributed by atoms with Crippen LogP contribution in [-0.4, -0.2) is 17.0 Å². The van der Waals surface area contributed by atoms with Crippen molar-refractivity contribution in [1.82, 2.24) is 5.43 Å². The van der Waals surface area contributed by atoms with Gasteiger partial charge in [-0.15, -0.1) is 0 Å². The van der Waals surface area contributed by atoms with Gasteiger partial charge in [-0.25, -0.2) is 5.43 Å².